The molecule has 1 heterocycles. The summed E-state index contributed by atoms with van der Waals surface area (Å²) in [7, 11) is 3.44. The molecule has 1 aromatic rings. The number of rotatable bonds is 4. The molecule has 1 aliphatic heterocycles. The Balaban J connectivity index is 1.69. The van der Waals surface area contributed by atoms with Gasteiger partial charge in [0, 0.05) is 44.8 Å². The molecule has 0 bridgehead atoms. The standard InChI is InChI=1S/C21H28F3N3O2/c1-14(21(22,23)24)15-4-6-16(7-5-15)19(28)27(17-8-9-17)18-10-12-26(13-11-18)20(29)25(2)3/h4-7,14,17-18H,8-13H2,1-3H3. The number of amides is 3. The first kappa shape index (κ1) is 21.5. The number of carbonyl (C=O) groups is 2. The Morgan fingerprint density at radius 2 is 1.52 bits per heavy atom. The van der Waals surface area contributed by atoms with Crippen LogP contribution < -0.4 is 0 Å². The van der Waals surface area contributed by atoms with Crippen LogP contribution in [-0.4, -0.2) is 72.1 Å². The highest BCUT2D eigenvalue weighted by Crippen LogP contribution is 2.36. The topological polar surface area (TPSA) is 43.9 Å². The maximum Gasteiger partial charge on any atom is 0.395 e. The lowest BCUT2D eigenvalue weighted by Gasteiger charge is -2.39. The van der Waals surface area contributed by atoms with Crippen LogP contribution in [0.5, 0.6) is 0 Å². The second kappa shape index (κ2) is 8.24. The van der Waals surface area contributed by atoms with Crippen molar-refractivity contribution in [1.29, 1.82) is 0 Å². The van der Waals surface area contributed by atoms with Gasteiger partial charge in [-0.15, -0.1) is 0 Å². The monoisotopic (exact) mass is 411 g/mol. The lowest BCUT2D eigenvalue weighted by atomic mass is 9.98. The Labute approximate surface area is 169 Å². The smallest absolute Gasteiger partial charge is 0.333 e. The second-order valence-electron chi connectivity index (χ2n) is 8.22. The quantitative estimate of drug-likeness (QED) is 0.749. The largest absolute Gasteiger partial charge is 0.395 e. The maximum absolute atomic E-state index is 13.1. The van der Waals surface area contributed by atoms with E-state index in [1.807, 2.05) is 4.90 Å². The molecule has 2 aliphatic rings. The molecule has 0 aromatic heterocycles. The molecule has 1 aliphatic carbocycles. The Kier molecular flexibility index (Phi) is 6.10. The van der Waals surface area contributed by atoms with E-state index in [9.17, 15) is 22.8 Å². The normalized spacial score (nSPS) is 19.0. The number of piperidine rings is 1. The first-order chi connectivity index (χ1) is 13.6. The molecule has 1 atom stereocenters. The van der Waals surface area contributed by atoms with Crippen molar-refractivity contribution in [2.75, 3.05) is 27.2 Å². The predicted octanol–water partition coefficient (Wildman–Crippen LogP) is 4.10. The lowest BCUT2D eigenvalue weighted by molar-refractivity contribution is -0.146. The number of halogens is 3. The Morgan fingerprint density at radius 3 is 1.97 bits per heavy atom. The van der Waals surface area contributed by atoms with Crippen LogP contribution in [0.1, 0.15) is 54.4 Å². The molecule has 0 radical (unpaired) electrons. The van der Waals surface area contributed by atoms with Gasteiger partial charge in [0.15, 0.2) is 0 Å². The summed E-state index contributed by atoms with van der Waals surface area (Å²) < 4.78 is 38.7. The molecule has 5 nitrogen and oxygen atoms in total. The Bertz CT molecular complexity index is 737. The number of nitrogens with zero attached hydrogens (tertiary/aromatic N) is 3. The van der Waals surface area contributed by atoms with Crippen LogP contribution in [-0.2, 0) is 0 Å². The summed E-state index contributed by atoms with van der Waals surface area (Å²) in [5.41, 5.74) is 0.573. The van der Waals surface area contributed by atoms with Gasteiger partial charge in [-0.3, -0.25) is 4.79 Å². The molecule has 0 spiro atoms. The highest BCUT2D eigenvalue weighted by atomic mass is 19.4. The molecule has 8 heteroatoms. The number of hydrogen-bond acceptors (Lipinski definition) is 2. The lowest BCUT2D eigenvalue weighted by Crippen LogP contribution is -2.51. The number of benzene rings is 1. The molecule has 0 N–H and O–H groups in total. The minimum Gasteiger partial charge on any atom is -0.333 e. The Morgan fingerprint density at radius 1 is 1.00 bits per heavy atom. The van der Waals surface area contributed by atoms with Crippen LogP contribution in [0.4, 0.5) is 18.0 Å². The van der Waals surface area contributed by atoms with Gasteiger partial charge < -0.3 is 14.7 Å². The van der Waals surface area contributed by atoms with Gasteiger partial charge in [-0.2, -0.15) is 13.2 Å². The van der Waals surface area contributed by atoms with Crippen LogP contribution in [0.25, 0.3) is 0 Å². The summed E-state index contributed by atoms with van der Waals surface area (Å²) in [6.45, 7) is 2.32. The number of urea groups is 1. The zero-order valence-corrected chi connectivity index (χ0v) is 17.1. The first-order valence-corrected chi connectivity index (χ1v) is 10.0. The van der Waals surface area contributed by atoms with Crippen LogP contribution in [0, 0.1) is 0 Å². The second-order valence-corrected chi connectivity index (χ2v) is 8.22. The van der Waals surface area contributed by atoms with E-state index in [1.165, 1.54) is 24.3 Å². The van der Waals surface area contributed by atoms with Crippen molar-refractivity contribution in [1.82, 2.24) is 14.7 Å². The SMILES string of the molecule is CC(c1ccc(C(=O)N(C2CC2)C2CCN(C(=O)N(C)C)CC2)cc1)C(F)(F)F. The van der Waals surface area contributed by atoms with E-state index >= 15 is 0 Å². The number of alkyl halides is 3. The van der Waals surface area contributed by atoms with E-state index in [0.29, 0.717) is 31.5 Å². The average Bonchev–Trinajstić information content (AvgIpc) is 3.52. The van der Waals surface area contributed by atoms with Crippen molar-refractivity contribution in [2.45, 2.75) is 56.8 Å². The van der Waals surface area contributed by atoms with E-state index in [1.54, 1.807) is 23.9 Å². The van der Waals surface area contributed by atoms with Crippen molar-refractivity contribution in [3.05, 3.63) is 35.4 Å². The summed E-state index contributed by atoms with van der Waals surface area (Å²) in [4.78, 5) is 30.5. The highest BCUT2D eigenvalue weighted by Gasteiger charge is 2.40. The van der Waals surface area contributed by atoms with E-state index in [4.69, 9.17) is 0 Å². The van der Waals surface area contributed by atoms with Crippen LogP contribution >= 0.6 is 0 Å². The van der Waals surface area contributed by atoms with Crippen molar-refractivity contribution in [2.24, 2.45) is 0 Å². The van der Waals surface area contributed by atoms with Crippen LogP contribution in [0.3, 0.4) is 0 Å². The molecule has 1 saturated heterocycles. The molecule has 3 amide bonds. The van der Waals surface area contributed by atoms with Gasteiger partial charge >= 0.3 is 12.2 Å². The maximum atomic E-state index is 13.1. The van der Waals surface area contributed by atoms with Crippen LogP contribution in [0.15, 0.2) is 24.3 Å². The van der Waals surface area contributed by atoms with Gasteiger partial charge in [-0.25, -0.2) is 4.79 Å². The molecule has 29 heavy (non-hydrogen) atoms. The average molecular weight is 411 g/mol. The third-order valence-corrected chi connectivity index (χ3v) is 5.83. The predicted molar refractivity (Wildman–Crippen MR) is 104 cm³/mol. The van der Waals surface area contributed by atoms with Crippen LogP contribution in [0.2, 0.25) is 0 Å². The van der Waals surface area contributed by atoms with Gasteiger partial charge in [0.05, 0.1) is 5.92 Å². The van der Waals surface area contributed by atoms with Crippen molar-refractivity contribution in [3.63, 3.8) is 0 Å². The minimum atomic E-state index is -4.30. The van der Waals surface area contributed by atoms with Gasteiger partial charge in [0.1, 0.15) is 0 Å². The molecule has 1 unspecified atom stereocenters. The molecule has 2 fully saturated rings. The van der Waals surface area contributed by atoms with Crippen molar-refractivity contribution in [3.8, 4) is 0 Å². The number of carbonyl (C=O) groups excluding carboxylic acids is 2. The summed E-state index contributed by atoms with van der Waals surface area (Å²) in [5, 5.41) is 0. The summed E-state index contributed by atoms with van der Waals surface area (Å²) in [5.74, 6) is -1.69. The third kappa shape index (κ3) is 4.85. The van der Waals surface area contributed by atoms with E-state index in [0.717, 1.165) is 19.8 Å². The fourth-order valence-corrected chi connectivity index (χ4v) is 3.85. The minimum absolute atomic E-state index is 0.0258. The summed E-state index contributed by atoms with van der Waals surface area (Å²) >= 11 is 0. The van der Waals surface area contributed by atoms with Gasteiger partial charge in [-0.05, 0) is 50.3 Å². The summed E-state index contributed by atoms with van der Waals surface area (Å²) in [6, 6.07) is 6.01. The molecular formula is C21H28F3N3O2. The first-order valence-electron chi connectivity index (χ1n) is 10.0. The van der Waals surface area contributed by atoms with Crippen molar-refractivity contribution < 1.29 is 22.8 Å². The molecular weight excluding hydrogens is 383 g/mol. The van der Waals surface area contributed by atoms with E-state index in [-0.39, 0.29) is 29.6 Å². The van der Waals surface area contributed by atoms with Gasteiger partial charge in [0.25, 0.3) is 5.91 Å². The van der Waals surface area contributed by atoms with E-state index in [2.05, 4.69) is 0 Å². The van der Waals surface area contributed by atoms with Crippen molar-refractivity contribution >= 4 is 11.9 Å². The van der Waals surface area contributed by atoms with E-state index < -0.39 is 12.1 Å². The fourth-order valence-electron chi connectivity index (χ4n) is 3.85. The van der Waals surface area contributed by atoms with Gasteiger partial charge in [-0.1, -0.05) is 12.1 Å². The number of hydrogen-bond donors (Lipinski definition) is 0. The molecule has 3 rings (SSSR count). The number of likely N-dealkylation sites (tertiary alicyclic amines) is 1. The summed E-state index contributed by atoms with van der Waals surface area (Å²) in [6.07, 6.45) is -0.975. The van der Waals surface area contributed by atoms with Gasteiger partial charge in [0.2, 0.25) is 0 Å². The fraction of sp³-hybridized carbons (Fsp3) is 0.619. The zero-order valence-electron chi connectivity index (χ0n) is 17.1. The zero-order chi connectivity index (χ0) is 21.3. The molecule has 1 saturated carbocycles. The third-order valence-electron chi connectivity index (χ3n) is 5.83. The Hall–Kier alpha value is -2.25. The highest BCUT2D eigenvalue weighted by molar-refractivity contribution is 5.95. The molecule has 1 aromatic carbocycles. The molecule has 160 valence electrons.